The largest absolute Gasteiger partial charge is 0.395 e. The summed E-state index contributed by atoms with van der Waals surface area (Å²) in [5.41, 5.74) is 3.21. The molecule has 1 aliphatic rings. The molecule has 3 rings (SSSR count). The van der Waals surface area contributed by atoms with E-state index in [2.05, 4.69) is 10.1 Å². The number of H-pyrrole nitrogens is 1. The molecule has 7 nitrogen and oxygen atoms in total. The summed E-state index contributed by atoms with van der Waals surface area (Å²) in [5.74, 6) is 0.0624. The van der Waals surface area contributed by atoms with Crippen molar-refractivity contribution in [2.45, 2.75) is 45.6 Å². The number of nitrogens with one attached hydrogen (secondary N) is 1. The number of aryl methyl sites for hydroxylation is 3. The molecule has 130 valence electrons. The van der Waals surface area contributed by atoms with E-state index < -0.39 is 0 Å². The second-order valence-corrected chi connectivity index (χ2v) is 6.54. The molecular weight excluding hydrogens is 308 g/mol. The van der Waals surface area contributed by atoms with Gasteiger partial charge in [-0.1, -0.05) is 0 Å². The molecule has 0 aromatic carbocycles. The smallest absolute Gasteiger partial charge is 0.273 e. The summed E-state index contributed by atoms with van der Waals surface area (Å²) >= 11 is 0. The molecule has 24 heavy (non-hydrogen) atoms. The number of hydrogen-bond acceptors (Lipinski definition) is 4. The molecule has 0 atom stereocenters. The van der Waals surface area contributed by atoms with Gasteiger partial charge in [0.05, 0.1) is 12.0 Å². The fourth-order valence-electron chi connectivity index (χ4n) is 3.40. The molecule has 2 N–H and O–H groups in total. The average molecular weight is 332 g/mol. The Labute approximate surface area is 140 Å². The molecule has 0 saturated heterocycles. The number of fused-ring (bicyclic) bond motifs is 1. The lowest BCUT2D eigenvalue weighted by Crippen LogP contribution is -2.35. The van der Waals surface area contributed by atoms with E-state index in [1.165, 1.54) is 0 Å². The fraction of sp³-hybridized carbons (Fsp3) is 0.588. The van der Waals surface area contributed by atoms with E-state index in [1.54, 1.807) is 16.6 Å². The number of amides is 1. The Morgan fingerprint density at radius 2 is 2.12 bits per heavy atom. The van der Waals surface area contributed by atoms with E-state index in [0.717, 1.165) is 29.7 Å². The maximum Gasteiger partial charge on any atom is 0.273 e. The summed E-state index contributed by atoms with van der Waals surface area (Å²) in [4.78, 5) is 30.9. The normalized spacial score (nSPS) is 14.3. The van der Waals surface area contributed by atoms with Crippen molar-refractivity contribution in [1.82, 2.24) is 19.7 Å². The first-order valence-electron chi connectivity index (χ1n) is 8.39. The molecule has 0 bridgehead atoms. The standard InChI is InChI=1S/C17H24N4O3/c1-10-13(6-7-14(23)21(8-9-22)12-4-5-12)11(2)18-16-15(10)17(24)19-20(16)3/h12,22H,4-9H2,1-3H3,(H,19,24). The molecule has 0 unspecified atom stereocenters. The molecular formula is C17H24N4O3. The van der Waals surface area contributed by atoms with Crippen LogP contribution in [0.5, 0.6) is 0 Å². The van der Waals surface area contributed by atoms with Gasteiger partial charge in [-0.15, -0.1) is 0 Å². The van der Waals surface area contributed by atoms with E-state index in [9.17, 15) is 9.59 Å². The van der Waals surface area contributed by atoms with Gasteiger partial charge < -0.3 is 10.0 Å². The van der Waals surface area contributed by atoms with Crippen LogP contribution in [0.4, 0.5) is 0 Å². The fourth-order valence-corrected chi connectivity index (χ4v) is 3.40. The van der Waals surface area contributed by atoms with Gasteiger partial charge in [0.1, 0.15) is 0 Å². The van der Waals surface area contributed by atoms with Gasteiger partial charge in [-0.05, 0) is 44.2 Å². The molecule has 0 radical (unpaired) electrons. The lowest BCUT2D eigenvalue weighted by molar-refractivity contribution is -0.132. The van der Waals surface area contributed by atoms with Crippen LogP contribution in [0.2, 0.25) is 0 Å². The Kier molecular flexibility index (Phi) is 4.45. The van der Waals surface area contributed by atoms with Crippen molar-refractivity contribution in [3.8, 4) is 0 Å². The van der Waals surface area contributed by atoms with Gasteiger partial charge in [0, 0.05) is 31.7 Å². The Morgan fingerprint density at radius 3 is 2.75 bits per heavy atom. The van der Waals surface area contributed by atoms with Gasteiger partial charge in [0.25, 0.3) is 5.56 Å². The number of aliphatic hydroxyl groups is 1. The summed E-state index contributed by atoms with van der Waals surface area (Å²) in [6.07, 6.45) is 2.98. The number of aromatic amines is 1. The van der Waals surface area contributed by atoms with Crippen LogP contribution >= 0.6 is 0 Å². The minimum atomic E-state index is -0.148. The van der Waals surface area contributed by atoms with Crippen LogP contribution in [0, 0.1) is 13.8 Å². The highest BCUT2D eigenvalue weighted by molar-refractivity contribution is 5.81. The molecule has 1 fully saturated rings. The van der Waals surface area contributed by atoms with Crippen LogP contribution in [0.25, 0.3) is 11.0 Å². The average Bonchev–Trinajstić information content (AvgIpc) is 3.31. The molecule has 1 amide bonds. The minimum Gasteiger partial charge on any atom is -0.395 e. The molecule has 7 heteroatoms. The third-order valence-corrected chi connectivity index (χ3v) is 4.81. The maximum absolute atomic E-state index is 12.5. The van der Waals surface area contributed by atoms with E-state index >= 15 is 0 Å². The Bertz CT molecular complexity index is 832. The molecule has 1 aliphatic carbocycles. The second kappa shape index (κ2) is 6.39. The number of aliphatic hydroxyl groups excluding tert-OH is 1. The number of aromatic nitrogens is 3. The van der Waals surface area contributed by atoms with Crippen LogP contribution in [0.3, 0.4) is 0 Å². The zero-order valence-electron chi connectivity index (χ0n) is 14.4. The molecule has 0 spiro atoms. The first-order valence-corrected chi connectivity index (χ1v) is 8.39. The van der Waals surface area contributed by atoms with Gasteiger partial charge in [-0.2, -0.15) is 0 Å². The number of carbonyl (C=O) groups excluding carboxylic acids is 1. The van der Waals surface area contributed by atoms with Crippen molar-refractivity contribution in [3.63, 3.8) is 0 Å². The van der Waals surface area contributed by atoms with Gasteiger partial charge in [0.15, 0.2) is 5.65 Å². The summed E-state index contributed by atoms with van der Waals surface area (Å²) in [7, 11) is 1.77. The molecule has 1 saturated carbocycles. The van der Waals surface area contributed by atoms with Crippen molar-refractivity contribution in [1.29, 1.82) is 0 Å². The van der Waals surface area contributed by atoms with E-state index in [-0.39, 0.29) is 18.1 Å². The molecule has 2 heterocycles. The van der Waals surface area contributed by atoms with E-state index in [4.69, 9.17) is 5.11 Å². The number of rotatable bonds is 6. The van der Waals surface area contributed by atoms with E-state index in [1.807, 2.05) is 13.8 Å². The first kappa shape index (κ1) is 16.7. The van der Waals surface area contributed by atoms with Crippen LogP contribution in [-0.2, 0) is 18.3 Å². The second-order valence-electron chi connectivity index (χ2n) is 6.54. The lowest BCUT2D eigenvalue weighted by atomic mass is 10.00. The quantitative estimate of drug-likeness (QED) is 0.818. The van der Waals surface area contributed by atoms with Crippen molar-refractivity contribution in [2.24, 2.45) is 7.05 Å². The number of carbonyl (C=O) groups is 1. The van der Waals surface area contributed by atoms with E-state index in [0.29, 0.717) is 36.5 Å². The minimum absolute atomic E-state index is 0.00674. The van der Waals surface area contributed by atoms with Gasteiger partial charge >= 0.3 is 0 Å². The monoisotopic (exact) mass is 332 g/mol. The SMILES string of the molecule is Cc1nc2c(c(C)c1CCC(=O)N(CCO)C1CC1)c(=O)[nH]n2C. The van der Waals surface area contributed by atoms with Gasteiger partial charge in [0.2, 0.25) is 5.91 Å². The Morgan fingerprint density at radius 1 is 1.42 bits per heavy atom. The third kappa shape index (κ3) is 2.96. The highest BCUT2D eigenvalue weighted by Gasteiger charge is 2.31. The van der Waals surface area contributed by atoms with Gasteiger partial charge in [-0.3, -0.25) is 19.4 Å². The third-order valence-electron chi connectivity index (χ3n) is 4.81. The predicted octanol–water partition coefficient (Wildman–Crippen LogP) is 0.794. The van der Waals surface area contributed by atoms with Crippen LogP contribution in [-0.4, -0.2) is 49.9 Å². The maximum atomic E-state index is 12.5. The number of pyridine rings is 1. The zero-order valence-corrected chi connectivity index (χ0v) is 14.4. The number of nitrogens with zero attached hydrogens (tertiary/aromatic N) is 3. The molecule has 2 aromatic heterocycles. The van der Waals surface area contributed by atoms with Crippen molar-refractivity contribution < 1.29 is 9.90 Å². The zero-order chi connectivity index (χ0) is 17.4. The van der Waals surface area contributed by atoms with Crippen molar-refractivity contribution in [2.75, 3.05) is 13.2 Å². The van der Waals surface area contributed by atoms with Crippen LogP contribution in [0.15, 0.2) is 4.79 Å². The summed E-state index contributed by atoms with van der Waals surface area (Å²) in [6.45, 7) is 4.22. The first-order chi connectivity index (χ1) is 11.4. The van der Waals surface area contributed by atoms with Crippen molar-refractivity contribution >= 4 is 16.9 Å². The van der Waals surface area contributed by atoms with Crippen molar-refractivity contribution in [3.05, 3.63) is 27.2 Å². The summed E-state index contributed by atoms with van der Waals surface area (Å²) < 4.78 is 1.63. The van der Waals surface area contributed by atoms with Gasteiger partial charge in [-0.25, -0.2) is 4.98 Å². The Hall–Kier alpha value is -2.15. The molecule has 0 aliphatic heterocycles. The lowest BCUT2D eigenvalue weighted by Gasteiger charge is -2.21. The number of hydrogen-bond donors (Lipinski definition) is 2. The predicted molar refractivity (Wildman–Crippen MR) is 91.0 cm³/mol. The highest BCUT2D eigenvalue weighted by atomic mass is 16.3. The summed E-state index contributed by atoms with van der Waals surface area (Å²) in [6, 6.07) is 0.296. The highest BCUT2D eigenvalue weighted by Crippen LogP contribution is 2.28. The molecule has 2 aromatic rings. The van der Waals surface area contributed by atoms with Crippen LogP contribution in [0.1, 0.15) is 36.1 Å². The van der Waals surface area contributed by atoms with Crippen LogP contribution < -0.4 is 5.56 Å². The Balaban J connectivity index is 1.83. The topological polar surface area (TPSA) is 91.2 Å². The summed E-state index contributed by atoms with van der Waals surface area (Å²) in [5, 5.41) is 12.5.